The van der Waals surface area contributed by atoms with Crippen LogP contribution in [-0.2, 0) is 4.74 Å². The number of hydrogen-bond acceptors (Lipinski definition) is 3. The molecule has 1 rings (SSSR count). The molecule has 1 heterocycles. The van der Waals surface area contributed by atoms with Gasteiger partial charge >= 0.3 is 0 Å². The van der Waals surface area contributed by atoms with E-state index in [4.69, 9.17) is 10.5 Å². The van der Waals surface area contributed by atoms with Crippen molar-refractivity contribution in [1.29, 1.82) is 0 Å². The van der Waals surface area contributed by atoms with Crippen LogP contribution in [0.3, 0.4) is 0 Å². The van der Waals surface area contributed by atoms with Crippen molar-refractivity contribution in [3.05, 3.63) is 12.7 Å². The third-order valence-corrected chi connectivity index (χ3v) is 3.10. The summed E-state index contributed by atoms with van der Waals surface area (Å²) in [4.78, 5) is 2.37. The topological polar surface area (TPSA) is 38.5 Å². The summed E-state index contributed by atoms with van der Waals surface area (Å²) in [5.41, 5.74) is 6.31. The Morgan fingerprint density at radius 3 is 2.53 bits per heavy atom. The molecule has 0 saturated carbocycles. The van der Waals surface area contributed by atoms with Gasteiger partial charge in [-0.25, -0.2) is 0 Å². The van der Waals surface area contributed by atoms with Crippen LogP contribution in [-0.4, -0.2) is 42.8 Å². The van der Waals surface area contributed by atoms with E-state index in [1.807, 2.05) is 6.08 Å². The van der Waals surface area contributed by atoms with Gasteiger partial charge in [0.15, 0.2) is 0 Å². The summed E-state index contributed by atoms with van der Waals surface area (Å²) in [7, 11) is 0. The van der Waals surface area contributed by atoms with Gasteiger partial charge < -0.3 is 10.5 Å². The van der Waals surface area contributed by atoms with Gasteiger partial charge in [0.2, 0.25) is 0 Å². The molecule has 88 valence electrons. The second-order valence-corrected chi connectivity index (χ2v) is 4.79. The number of ether oxygens (including phenoxy) is 1. The zero-order valence-electron chi connectivity index (χ0n) is 10.0. The highest BCUT2D eigenvalue weighted by molar-refractivity contribution is 4.91. The van der Waals surface area contributed by atoms with Gasteiger partial charge in [0.05, 0.1) is 0 Å². The molecule has 0 spiro atoms. The standard InChI is InChI=1S/C12H24N2O/c1-4-7-14(11(2)3)10-12(13)5-8-15-9-6-12/h4,11H,1,5-10,13H2,2-3H3. The number of rotatable bonds is 5. The second kappa shape index (κ2) is 5.64. The molecule has 0 aromatic rings. The van der Waals surface area contributed by atoms with Gasteiger partial charge in [-0.05, 0) is 26.7 Å². The minimum Gasteiger partial charge on any atom is -0.381 e. The summed E-state index contributed by atoms with van der Waals surface area (Å²) in [5, 5.41) is 0. The van der Waals surface area contributed by atoms with Crippen molar-refractivity contribution in [2.45, 2.75) is 38.3 Å². The Bertz CT molecular complexity index is 198. The van der Waals surface area contributed by atoms with E-state index in [2.05, 4.69) is 25.3 Å². The van der Waals surface area contributed by atoms with Crippen molar-refractivity contribution in [3.63, 3.8) is 0 Å². The molecule has 1 aliphatic heterocycles. The molecular formula is C12H24N2O. The minimum absolute atomic E-state index is 0.0640. The van der Waals surface area contributed by atoms with Gasteiger partial charge in [0.25, 0.3) is 0 Å². The highest BCUT2D eigenvalue weighted by atomic mass is 16.5. The van der Waals surface area contributed by atoms with Gasteiger partial charge in [-0.1, -0.05) is 6.08 Å². The van der Waals surface area contributed by atoms with E-state index < -0.39 is 0 Å². The lowest BCUT2D eigenvalue weighted by Crippen LogP contribution is -2.54. The van der Waals surface area contributed by atoms with Crippen molar-refractivity contribution in [2.75, 3.05) is 26.3 Å². The molecule has 0 unspecified atom stereocenters. The number of nitrogens with two attached hydrogens (primary N) is 1. The van der Waals surface area contributed by atoms with E-state index in [1.54, 1.807) is 0 Å². The van der Waals surface area contributed by atoms with Crippen molar-refractivity contribution < 1.29 is 4.74 Å². The normalized spacial score (nSPS) is 20.9. The molecule has 0 aliphatic carbocycles. The molecule has 0 aromatic carbocycles. The maximum absolute atomic E-state index is 6.37. The third-order valence-electron chi connectivity index (χ3n) is 3.10. The monoisotopic (exact) mass is 212 g/mol. The predicted octanol–water partition coefficient (Wildman–Crippen LogP) is 1.39. The van der Waals surface area contributed by atoms with Crippen LogP contribution in [0.2, 0.25) is 0 Å². The minimum atomic E-state index is -0.0640. The summed E-state index contributed by atoms with van der Waals surface area (Å²) < 4.78 is 5.35. The van der Waals surface area contributed by atoms with E-state index in [0.29, 0.717) is 6.04 Å². The van der Waals surface area contributed by atoms with Gasteiger partial charge in [0.1, 0.15) is 0 Å². The van der Waals surface area contributed by atoms with Crippen molar-refractivity contribution in [3.8, 4) is 0 Å². The molecule has 1 fully saturated rings. The Labute approximate surface area is 93.3 Å². The molecule has 2 N–H and O–H groups in total. The molecule has 15 heavy (non-hydrogen) atoms. The van der Waals surface area contributed by atoms with Crippen LogP contribution in [0.5, 0.6) is 0 Å². The van der Waals surface area contributed by atoms with Crippen LogP contribution >= 0.6 is 0 Å². The Morgan fingerprint density at radius 1 is 1.47 bits per heavy atom. The fraction of sp³-hybridized carbons (Fsp3) is 0.833. The predicted molar refractivity (Wildman–Crippen MR) is 63.9 cm³/mol. The lowest BCUT2D eigenvalue weighted by molar-refractivity contribution is 0.0349. The molecule has 3 nitrogen and oxygen atoms in total. The summed E-state index contributed by atoms with van der Waals surface area (Å²) in [6.45, 7) is 11.7. The van der Waals surface area contributed by atoms with Gasteiger partial charge in [-0.2, -0.15) is 0 Å². The van der Waals surface area contributed by atoms with Crippen molar-refractivity contribution in [2.24, 2.45) is 5.73 Å². The van der Waals surface area contributed by atoms with E-state index in [0.717, 1.165) is 39.1 Å². The molecule has 1 aliphatic rings. The molecule has 0 amide bonds. The van der Waals surface area contributed by atoms with Crippen molar-refractivity contribution in [1.82, 2.24) is 4.90 Å². The SMILES string of the molecule is C=CCN(CC1(N)CCOCC1)C(C)C. The average molecular weight is 212 g/mol. The fourth-order valence-electron chi connectivity index (χ4n) is 1.96. The summed E-state index contributed by atoms with van der Waals surface area (Å²) >= 11 is 0. The van der Waals surface area contributed by atoms with Crippen LogP contribution in [0, 0.1) is 0 Å². The zero-order valence-corrected chi connectivity index (χ0v) is 10.0. The Morgan fingerprint density at radius 2 is 2.07 bits per heavy atom. The summed E-state index contributed by atoms with van der Waals surface area (Å²) in [6, 6.07) is 0.520. The van der Waals surface area contributed by atoms with Gasteiger partial charge in [-0.3, -0.25) is 4.90 Å². The Hall–Kier alpha value is -0.380. The van der Waals surface area contributed by atoms with E-state index in [-0.39, 0.29) is 5.54 Å². The molecule has 0 radical (unpaired) electrons. The summed E-state index contributed by atoms with van der Waals surface area (Å²) in [5.74, 6) is 0. The van der Waals surface area contributed by atoms with Gasteiger partial charge in [-0.15, -0.1) is 6.58 Å². The third kappa shape index (κ3) is 3.93. The maximum Gasteiger partial charge on any atom is 0.0484 e. The van der Waals surface area contributed by atoms with Crippen molar-refractivity contribution >= 4 is 0 Å². The average Bonchev–Trinajstić information content (AvgIpc) is 2.18. The smallest absolute Gasteiger partial charge is 0.0484 e. The molecule has 0 atom stereocenters. The summed E-state index contributed by atoms with van der Waals surface area (Å²) in [6.07, 6.45) is 3.88. The first kappa shape index (κ1) is 12.7. The first-order valence-corrected chi connectivity index (χ1v) is 5.79. The van der Waals surface area contributed by atoms with E-state index >= 15 is 0 Å². The van der Waals surface area contributed by atoms with Gasteiger partial charge in [0, 0.05) is 37.9 Å². The number of hydrogen-bond donors (Lipinski definition) is 1. The molecule has 0 aromatic heterocycles. The largest absolute Gasteiger partial charge is 0.381 e. The first-order chi connectivity index (χ1) is 7.07. The molecule has 1 saturated heterocycles. The Balaban J connectivity index is 2.51. The van der Waals surface area contributed by atoms with Crippen LogP contribution in [0.1, 0.15) is 26.7 Å². The lowest BCUT2D eigenvalue weighted by Gasteiger charge is -2.39. The quantitative estimate of drug-likeness (QED) is 0.700. The lowest BCUT2D eigenvalue weighted by atomic mass is 9.90. The first-order valence-electron chi connectivity index (χ1n) is 5.79. The van der Waals surface area contributed by atoms with Crippen LogP contribution in [0.4, 0.5) is 0 Å². The molecular weight excluding hydrogens is 188 g/mol. The Kier molecular flexibility index (Phi) is 4.77. The van der Waals surface area contributed by atoms with E-state index in [9.17, 15) is 0 Å². The van der Waals surface area contributed by atoms with Crippen LogP contribution in [0.25, 0.3) is 0 Å². The fourth-order valence-corrected chi connectivity index (χ4v) is 1.96. The second-order valence-electron chi connectivity index (χ2n) is 4.79. The maximum atomic E-state index is 6.37. The van der Waals surface area contributed by atoms with Crippen LogP contribution in [0.15, 0.2) is 12.7 Å². The highest BCUT2D eigenvalue weighted by Crippen LogP contribution is 2.19. The zero-order chi connectivity index (χ0) is 11.3. The molecule has 0 bridgehead atoms. The number of nitrogens with zero attached hydrogens (tertiary/aromatic N) is 1. The highest BCUT2D eigenvalue weighted by Gasteiger charge is 2.30. The molecule has 3 heteroatoms. The van der Waals surface area contributed by atoms with E-state index in [1.165, 1.54) is 0 Å². The van der Waals surface area contributed by atoms with Crippen LogP contribution < -0.4 is 5.73 Å².